The zero-order chi connectivity index (χ0) is 18.9. The van der Waals surface area contributed by atoms with Crippen LogP contribution in [0.2, 0.25) is 0 Å². The fraction of sp³-hybridized carbons (Fsp3) is 0.364. The van der Waals surface area contributed by atoms with Crippen molar-refractivity contribution < 1.29 is 9.59 Å². The van der Waals surface area contributed by atoms with Gasteiger partial charge >= 0.3 is 0 Å². The van der Waals surface area contributed by atoms with Gasteiger partial charge in [-0.1, -0.05) is 56.3 Å². The van der Waals surface area contributed by atoms with E-state index in [4.69, 9.17) is 0 Å². The van der Waals surface area contributed by atoms with Crippen molar-refractivity contribution in [2.45, 2.75) is 40.2 Å². The highest BCUT2D eigenvalue weighted by molar-refractivity contribution is 5.93. The number of carbonyl (C=O) groups excluding carboxylic acids is 2. The summed E-state index contributed by atoms with van der Waals surface area (Å²) in [4.78, 5) is 26.3. The Hall–Kier alpha value is -2.62. The van der Waals surface area contributed by atoms with Gasteiger partial charge in [-0.3, -0.25) is 9.59 Å². The molecule has 0 saturated heterocycles. The minimum Gasteiger partial charge on any atom is -0.356 e. The number of nitrogens with zero attached hydrogens (tertiary/aromatic N) is 1. The molecule has 0 aliphatic heterocycles. The highest BCUT2D eigenvalue weighted by atomic mass is 16.2. The summed E-state index contributed by atoms with van der Waals surface area (Å²) >= 11 is 0. The van der Waals surface area contributed by atoms with Crippen molar-refractivity contribution >= 4 is 17.5 Å². The monoisotopic (exact) mass is 352 g/mol. The molecule has 0 spiro atoms. The Bertz CT molecular complexity index is 709. The average Bonchev–Trinajstić information content (AvgIpc) is 2.61. The molecule has 2 aromatic rings. The maximum absolute atomic E-state index is 12.8. The van der Waals surface area contributed by atoms with Crippen LogP contribution in [0.25, 0.3) is 0 Å². The fourth-order valence-corrected chi connectivity index (χ4v) is 2.79. The number of carbonyl (C=O) groups is 2. The first-order valence-corrected chi connectivity index (χ1v) is 9.19. The topological polar surface area (TPSA) is 49.4 Å². The van der Waals surface area contributed by atoms with Crippen molar-refractivity contribution in [3.05, 3.63) is 65.7 Å². The molecular formula is C22H28N2O2. The molecule has 0 heterocycles. The minimum atomic E-state index is 0.0114. The van der Waals surface area contributed by atoms with E-state index in [1.807, 2.05) is 80.3 Å². The lowest BCUT2D eigenvalue weighted by molar-refractivity contribution is -0.120. The SMILES string of the molecule is CCNC(=O)Cc1ccc(N(Cc2ccccc2)C(=O)CC(C)C)cc1. The molecule has 0 bridgehead atoms. The van der Waals surface area contributed by atoms with Crippen LogP contribution in [0.1, 0.15) is 38.3 Å². The minimum absolute atomic E-state index is 0.0114. The Balaban J connectivity index is 2.18. The summed E-state index contributed by atoms with van der Waals surface area (Å²) in [5, 5.41) is 2.80. The zero-order valence-corrected chi connectivity index (χ0v) is 15.9. The molecule has 0 saturated carbocycles. The molecule has 2 aromatic carbocycles. The first-order valence-electron chi connectivity index (χ1n) is 9.19. The first-order chi connectivity index (χ1) is 12.5. The molecule has 0 aliphatic rings. The predicted octanol–water partition coefficient (Wildman–Crippen LogP) is 3.94. The molecular weight excluding hydrogens is 324 g/mol. The Kier molecular flexibility index (Phi) is 7.39. The van der Waals surface area contributed by atoms with Crippen LogP contribution in [-0.4, -0.2) is 18.4 Å². The summed E-state index contributed by atoms with van der Waals surface area (Å²) in [5.74, 6) is 0.426. The number of benzene rings is 2. The lowest BCUT2D eigenvalue weighted by Gasteiger charge is -2.24. The lowest BCUT2D eigenvalue weighted by Crippen LogP contribution is -2.31. The maximum Gasteiger partial charge on any atom is 0.227 e. The van der Waals surface area contributed by atoms with Gasteiger partial charge < -0.3 is 10.2 Å². The fourth-order valence-electron chi connectivity index (χ4n) is 2.79. The van der Waals surface area contributed by atoms with Crippen molar-refractivity contribution in [3.63, 3.8) is 0 Å². The van der Waals surface area contributed by atoms with Crippen molar-refractivity contribution in [3.8, 4) is 0 Å². The normalized spacial score (nSPS) is 10.6. The molecule has 2 rings (SSSR count). The second kappa shape index (κ2) is 9.76. The Morgan fingerprint density at radius 2 is 1.62 bits per heavy atom. The molecule has 26 heavy (non-hydrogen) atoms. The van der Waals surface area contributed by atoms with Crippen LogP contribution >= 0.6 is 0 Å². The number of rotatable bonds is 8. The summed E-state index contributed by atoms with van der Waals surface area (Å²) < 4.78 is 0. The molecule has 1 N–H and O–H groups in total. The third-order valence-corrected chi connectivity index (χ3v) is 4.05. The number of nitrogens with one attached hydrogen (secondary N) is 1. The van der Waals surface area contributed by atoms with Gasteiger partial charge in [-0.15, -0.1) is 0 Å². The molecule has 4 nitrogen and oxygen atoms in total. The van der Waals surface area contributed by atoms with E-state index in [-0.39, 0.29) is 11.8 Å². The second-order valence-corrected chi connectivity index (χ2v) is 6.86. The van der Waals surface area contributed by atoms with Gasteiger partial charge in [-0.25, -0.2) is 0 Å². The quantitative estimate of drug-likeness (QED) is 0.782. The van der Waals surface area contributed by atoms with E-state index < -0.39 is 0 Å². The molecule has 0 radical (unpaired) electrons. The van der Waals surface area contributed by atoms with Crippen LogP contribution in [0, 0.1) is 5.92 Å². The molecule has 0 aliphatic carbocycles. The average molecular weight is 352 g/mol. The smallest absolute Gasteiger partial charge is 0.227 e. The van der Waals surface area contributed by atoms with E-state index in [1.165, 1.54) is 0 Å². The molecule has 2 amide bonds. The number of anilines is 1. The molecule has 138 valence electrons. The highest BCUT2D eigenvalue weighted by Crippen LogP contribution is 2.21. The maximum atomic E-state index is 12.8. The molecule has 0 unspecified atom stereocenters. The standard InChI is InChI=1S/C22H28N2O2/c1-4-23-21(25)15-18-10-12-20(13-11-18)24(22(26)14-17(2)3)16-19-8-6-5-7-9-19/h5-13,17H,4,14-16H2,1-3H3,(H,23,25). The van der Waals surface area contributed by atoms with E-state index in [1.54, 1.807) is 0 Å². The Morgan fingerprint density at radius 1 is 0.962 bits per heavy atom. The number of hydrogen-bond donors (Lipinski definition) is 1. The van der Waals surface area contributed by atoms with Gasteiger partial charge in [-0.05, 0) is 36.1 Å². The van der Waals surface area contributed by atoms with E-state index in [0.29, 0.717) is 31.8 Å². The van der Waals surface area contributed by atoms with Crippen molar-refractivity contribution in [1.82, 2.24) is 5.32 Å². The van der Waals surface area contributed by atoms with Crippen molar-refractivity contribution in [1.29, 1.82) is 0 Å². The van der Waals surface area contributed by atoms with E-state index in [0.717, 1.165) is 16.8 Å². The third kappa shape index (κ3) is 6.03. The van der Waals surface area contributed by atoms with Gasteiger partial charge in [0.15, 0.2) is 0 Å². The van der Waals surface area contributed by atoms with Gasteiger partial charge in [0.25, 0.3) is 0 Å². The van der Waals surface area contributed by atoms with Crippen LogP contribution in [0.15, 0.2) is 54.6 Å². The van der Waals surface area contributed by atoms with Gasteiger partial charge in [0.1, 0.15) is 0 Å². The summed E-state index contributed by atoms with van der Waals surface area (Å²) in [7, 11) is 0. The Labute approximate surface area is 156 Å². The van der Waals surface area contributed by atoms with Crippen molar-refractivity contribution in [2.75, 3.05) is 11.4 Å². The van der Waals surface area contributed by atoms with Crippen LogP contribution in [0.3, 0.4) is 0 Å². The van der Waals surface area contributed by atoms with Crippen LogP contribution < -0.4 is 10.2 Å². The summed E-state index contributed by atoms with van der Waals surface area (Å²) in [5.41, 5.74) is 2.89. The molecule has 0 atom stereocenters. The predicted molar refractivity (Wildman–Crippen MR) is 106 cm³/mol. The van der Waals surface area contributed by atoms with E-state index in [9.17, 15) is 9.59 Å². The van der Waals surface area contributed by atoms with Crippen LogP contribution in [0.5, 0.6) is 0 Å². The summed E-state index contributed by atoms with van der Waals surface area (Å²) in [6, 6.07) is 17.7. The Morgan fingerprint density at radius 3 is 2.19 bits per heavy atom. The van der Waals surface area contributed by atoms with Crippen molar-refractivity contribution in [2.24, 2.45) is 5.92 Å². The van der Waals surface area contributed by atoms with Gasteiger partial charge in [0.05, 0.1) is 13.0 Å². The number of amides is 2. The first kappa shape index (κ1) is 19.7. The third-order valence-electron chi connectivity index (χ3n) is 4.05. The number of hydrogen-bond acceptors (Lipinski definition) is 2. The second-order valence-electron chi connectivity index (χ2n) is 6.86. The van der Waals surface area contributed by atoms with Gasteiger partial charge in [0.2, 0.25) is 11.8 Å². The van der Waals surface area contributed by atoms with Crippen LogP contribution in [-0.2, 0) is 22.6 Å². The van der Waals surface area contributed by atoms with Crippen LogP contribution in [0.4, 0.5) is 5.69 Å². The highest BCUT2D eigenvalue weighted by Gasteiger charge is 2.17. The number of likely N-dealkylation sites (N-methyl/N-ethyl adjacent to an activating group) is 1. The largest absolute Gasteiger partial charge is 0.356 e. The van der Waals surface area contributed by atoms with E-state index in [2.05, 4.69) is 5.32 Å². The lowest BCUT2D eigenvalue weighted by atomic mass is 10.1. The van der Waals surface area contributed by atoms with Gasteiger partial charge in [0, 0.05) is 18.7 Å². The summed E-state index contributed by atoms with van der Waals surface area (Å²) in [6.45, 7) is 7.18. The molecule has 4 heteroatoms. The molecule has 0 fully saturated rings. The molecule has 0 aromatic heterocycles. The zero-order valence-electron chi connectivity index (χ0n) is 15.9. The van der Waals surface area contributed by atoms with E-state index >= 15 is 0 Å². The van der Waals surface area contributed by atoms with Gasteiger partial charge in [-0.2, -0.15) is 0 Å². The summed E-state index contributed by atoms with van der Waals surface area (Å²) in [6.07, 6.45) is 0.861.